The average Bonchev–Trinajstić information content (AvgIpc) is 2.21. The second-order valence-electron chi connectivity index (χ2n) is 4.21. The summed E-state index contributed by atoms with van der Waals surface area (Å²) in [5.41, 5.74) is 1.60. The van der Waals surface area contributed by atoms with Gasteiger partial charge in [0.1, 0.15) is 0 Å². The van der Waals surface area contributed by atoms with E-state index in [9.17, 15) is 10.1 Å². The van der Waals surface area contributed by atoms with Crippen molar-refractivity contribution in [2.24, 2.45) is 0 Å². The first kappa shape index (κ1) is 14.0. The van der Waals surface area contributed by atoms with Crippen LogP contribution in [0.25, 0.3) is 0 Å². The molecular formula is C12H17BrN2O2. The first-order valence-electron chi connectivity index (χ1n) is 5.66. The Kier molecular flexibility index (Phi) is 4.93. The van der Waals surface area contributed by atoms with E-state index in [0.717, 1.165) is 23.0 Å². The summed E-state index contributed by atoms with van der Waals surface area (Å²) in [4.78, 5) is 10.5. The highest BCUT2D eigenvalue weighted by molar-refractivity contribution is 9.10. The van der Waals surface area contributed by atoms with E-state index in [2.05, 4.69) is 35.1 Å². The van der Waals surface area contributed by atoms with Gasteiger partial charge < -0.3 is 5.32 Å². The molecule has 0 bridgehead atoms. The Morgan fingerprint density at radius 2 is 2.18 bits per heavy atom. The SMILES string of the molecule is CCCC(C)Nc1cc([N+](=O)[O-])c(C)cc1Br. The van der Waals surface area contributed by atoms with Crippen LogP contribution in [0.3, 0.4) is 0 Å². The second kappa shape index (κ2) is 6.00. The smallest absolute Gasteiger partial charge is 0.274 e. The van der Waals surface area contributed by atoms with Gasteiger partial charge in [-0.25, -0.2) is 0 Å². The van der Waals surface area contributed by atoms with Crippen LogP contribution < -0.4 is 5.32 Å². The molecule has 0 aliphatic rings. The summed E-state index contributed by atoms with van der Waals surface area (Å²) >= 11 is 3.42. The van der Waals surface area contributed by atoms with Gasteiger partial charge in [-0.15, -0.1) is 0 Å². The number of hydrogen-bond acceptors (Lipinski definition) is 3. The fourth-order valence-electron chi connectivity index (χ4n) is 1.74. The Balaban J connectivity index is 2.99. The molecule has 1 aromatic rings. The van der Waals surface area contributed by atoms with Crippen molar-refractivity contribution in [2.75, 3.05) is 5.32 Å². The molecule has 0 saturated heterocycles. The van der Waals surface area contributed by atoms with Crippen LogP contribution in [-0.4, -0.2) is 11.0 Å². The molecule has 1 unspecified atom stereocenters. The number of nitro benzene ring substituents is 1. The van der Waals surface area contributed by atoms with E-state index in [4.69, 9.17) is 0 Å². The molecule has 1 aromatic carbocycles. The molecule has 4 nitrogen and oxygen atoms in total. The van der Waals surface area contributed by atoms with Crippen LogP contribution in [-0.2, 0) is 0 Å². The van der Waals surface area contributed by atoms with Crippen molar-refractivity contribution in [1.29, 1.82) is 0 Å². The van der Waals surface area contributed by atoms with Gasteiger partial charge in [-0.2, -0.15) is 0 Å². The summed E-state index contributed by atoms with van der Waals surface area (Å²) in [6.45, 7) is 5.93. The number of hydrogen-bond donors (Lipinski definition) is 1. The molecule has 0 aromatic heterocycles. The highest BCUT2D eigenvalue weighted by atomic mass is 79.9. The lowest BCUT2D eigenvalue weighted by atomic mass is 10.1. The minimum atomic E-state index is -0.350. The second-order valence-corrected chi connectivity index (χ2v) is 5.06. The maximum atomic E-state index is 10.9. The fourth-order valence-corrected chi connectivity index (χ4v) is 2.31. The van der Waals surface area contributed by atoms with Crippen LogP contribution in [0.5, 0.6) is 0 Å². The zero-order chi connectivity index (χ0) is 13.0. The highest BCUT2D eigenvalue weighted by Crippen LogP contribution is 2.31. The van der Waals surface area contributed by atoms with Crippen LogP contribution in [0.1, 0.15) is 32.3 Å². The third kappa shape index (κ3) is 3.70. The summed E-state index contributed by atoms with van der Waals surface area (Å²) in [5, 5.41) is 14.1. The number of nitrogens with one attached hydrogen (secondary N) is 1. The highest BCUT2D eigenvalue weighted by Gasteiger charge is 2.15. The maximum absolute atomic E-state index is 10.9. The van der Waals surface area contributed by atoms with Gasteiger partial charge in [0.05, 0.1) is 10.6 Å². The van der Waals surface area contributed by atoms with Gasteiger partial charge in [-0.1, -0.05) is 13.3 Å². The van der Waals surface area contributed by atoms with Crippen molar-refractivity contribution in [2.45, 2.75) is 39.7 Å². The van der Waals surface area contributed by atoms with E-state index in [1.165, 1.54) is 0 Å². The standard InChI is InChI=1S/C12H17BrN2O2/c1-4-5-9(3)14-11-7-12(15(16)17)8(2)6-10(11)13/h6-7,9,14H,4-5H2,1-3H3. The van der Waals surface area contributed by atoms with E-state index in [1.807, 2.05) is 0 Å². The zero-order valence-electron chi connectivity index (χ0n) is 10.3. The molecule has 0 amide bonds. The lowest BCUT2D eigenvalue weighted by Gasteiger charge is -2.16. The molecule has 1 N–H and O–H groups in total. The minimum Gasteiger partial charge on any atom is -0.381 e. The lowest BCUT2D eigenvalue weighted by molar-refractivity contribution is -0.385. The van der Waals surface area contributed by atoms with Crippen LogP contribution in [0.4, 0.5) is 11.4 Å². The van der Waals surface area contributed by atoms with Crippen LogP contribution >= 0.6 is 15.9 Å². The van der Waals surface area contributed by atoms with Gasteiger partial charge in [0, 0.05) is 22.1 Å². The molecule has 5 heteroatoms. The summed E-state index contributed by atoms with van der Waals surface area (Å²) in [5.74, 6) is 0. The molecule has 1 rings (SSSR count). The lowest BCUT2D eigenvalue weighted by Crippen LogP contribution is -2.15. The normalized spacial score (nSPS) is 12.2. The quantitative estimate of drug-likeness (QED) is 0.653. The monoisotopic (exact) mass is 300 g/mol. The molecule has 0 saturated carbocycles. The maximum Gasteiger partial charge on any atom is 0.274 e. The van der Waals surface area contributed by atoms with Crippen molar-refractivity contribution in [1.82, 2.24) is 0 Å². The molecular weight excluding hydrogens is 284 g/mol. The Morgan fingerprint density at radius 1 is 1.53 bits per heavy atom. The minimum absolute atomic E-state index is 0.152. The topological polar surface area (TPSA) is 55.2 Å². The Hall–Kier alpha value is -1.10. The van der Waals surface area contributed by atoms with E-state index in [1.54, 1.807) is 19.1 Å². The third-order valence-electron chi connectivity index (χ3n) is 2.61. The van der Waals surface area contributed by atoms with Gasteiger partial charge in [0.15, 0.2) is 0 Å². The largest absolute Gasteiger partial charge is 0.381 e. The Bertz CT molecular complexity index is 421. The van der Waals surface area contributed by atoms with Crippen molar-refractivity contribution in [3.8, 4) is 0 Å². The van der Waals surface area contributed by atoms with Crippen molar-refractivity contribution >= 4 is 27.3 Å². The molecule has 94 valence electrons. The number of nitro groups is 1. The summed E-state index contributed by atoms with van der Waals surface area (Å²) in [6, 6.07) is 3.67. The van der Waals surface area contributed by atoms with Gasteiger partial charge in [-0.05, 0) is 42.3 Å². The number of anilines is 1. The Labute approximate surface area is 110 Å². The average molecular weight is 301 g/mol. The molecule has 0 radical (unpaired) electrons. The zero-order valence-corrected chi connectivity index (χ0v) is 11.9. The van der Waals surface area contributed by atoms with Crippen molar-refractivity contribution in [3.63, 3.8) is 0 Å². The van der Waals surface area contributed by atoms with Crippen molar-refractivity contribution < 1.29 is 4.92 Å². The molecule has 1 atom stereocenters. The molecule has 0 spiro atoms. The molecule has 0 heterocycles. The number of rotatable bonds is 5. The molecule has 0 aliphatic heterocycles. The Morgan fingerprint density at radius 3 is 2.71 bits per heavy atom. The third-order valence-corrected chi connectivity index (χ3v) is 3.26. The summed E-state index contributed by atoms with van der Waals surface area (Å²) in [7, 11) is 0. The van der Waals surface area contributed by atoms with E-state index < -0.39 is 0 Å². The first-order valence-corrected chi connectivity index (χ1v) is 6.46. The molecule has 0 fully saturated rings. The number of benzene rings is 1. The predicted molar refractivity (Wildman–Crippen MR) is 73.5 cm³/mol. The molecule has 17 heavy (non-hydrogen) atoms. The van der Waals surface area contributed by atoms with Crippen molar-refractivity contribution in [3.05, 3.63) is 32.3 Å². The van der Waals surface area contributed by atoms with Gasteiger partial charge in [0.25, 0.3) is 5.69 Å². The molecule has 0 aliphatic carbocycles. The first-order chi connectivity index (χ1) is 7.95. The number of nitrogens with zero attached hydrogens (tertiary/aromatic N) is 1. The van der Waals surface area contributed by atoms with E-state index in [0.29, 0.717) is 11.6 Å². The van der Waals surface area contributed by atoms with E-state index in [-0.39, 0.29) is 10.6 Å². The fraction of sp³-hybridized carbons (Fsp3) is 0.500. The van der Waals surface area contributed by atoms with Gasteiger partial charge in [-0.3, -0.25) is 10.1 Å². The van der Waals surface area contributed by atoms with Crippen LogP contribution in [0, 0.1) is 17.0 Å². The summed E-state index contributed by atoms with van der Waals surface area (Å²) < 4.78 is 0.864. The summed E-state index contributed by atoms with van der Waals surface area (Å²) in [6.07, 6.45) is 2.12. The number of halogens is 1. The van der Waals surface area contributed by atoms with Gasteiger partial charge in [0.2, 0.25) is 0 Å². The predicted octanol–water partition coefficient (Wildman–Crippen LogP) is 4.27. The number of aryl methyl sites for hydroxylation is 1. The van der Waals surface area contributed by atoms with Gasteiger partial charge >= 0.3 is 0 Å². The van der Waals surface area contributed by atoms with Crippen LogP contribution in [0.2, 0.25) is 0 Å². The van der Waals surface area contributed by atoms with E-state index >= 15 is 0 Å². The van der Waals surface area contributed by atoms with Crippen LogP contribution in [0.15, 0.2) is 16.6 Å².